The molecule has 4 nitrogen and oxygen atoms in total. The molecule has 0 unspecified atom stereocenters. The summed E-state index contributed by atoms with van der Waals surface area (Å²) < 4.78 is 57.8. The van der Waals surface area contributed by atoms with Gasteiger partial charge in [0.25, 0.3) is 0 Å². The number of unbranched alkanes of at least 4 members (excludes halogenated alkanes) is 1. The molecule has 0 bridgehead atoms. The number of benzene rings is 2. The average molecular weight is 381 g/mol. The second-order valence-electron chi connectivity index (χ2n) is 5.59. The van der Waals surface area contributed by atoms with Crippen LogP contribution in [-0.4, -0.2) is 18.9 Å². The van der Waals surface area contributed by atoms with Gasteiger partial charge in [-0.3, -0.25) is 4.74 Å². The van der Waals surface area contributed by atoms with E-state index in [1.165, 1.54) is 24.3 Å². The van der Waals surface area contributed by atoms with E-state index in [2.05, 4.69) is 4.74 Å². The summed E-state index contributed by atoms with van der Waals surface area (Å²) in [4.78, 5) is 12.1. The first kappa shape index (κ1) is 20.4. The largest absolute Gasteiger partial charge is 0.522 e. The van der Waals surface area contributed by atoms with Gasteiger partial charge in [0, 0.05) is 6.07 Å². The number of carbonyl (C=O) groups is 1. The van der Waals surface area contributed by atoms with Crippen molar-refractivity contribution in [1.82, 2.24) is 0 Å². The summed E-state index contributed by atoms with van der Waals surface area (Å²) in [6.07, 6.45) is -3.31. The molecule has 0 aromatic heterocycles. The molecular formula is C19H15F4NO3. The van der Waals surface area contributed by atoms with Gasteiger partial charge < -0.3 is 4.74 Å². The molecule has 0 heterocycles. The Morgan fingerprint density at radius 3 is 2.37 bits per heavy atom. The summed E-state index contributed by atoms with van der Waals surface area (Å²) in [5, 5.41) is 8.67. The zero-order valence-corrected chi connectivity index (χ0v) is 14.1. The summed E-state index contributed by atoms with van der Waals surface area (Å²) in [5.41, 5.74) is 0.937. The number of carbonyl (C=O) groups excluding carboxylic acids is 1. The van der Waals surface area contributed by atoms with E-state index in [1.54, 1.807) is 18.2 Å². The molecule has 0 saturated carbocycles. The summed E-state index contributed by atoms with van der Waals surface area (Å²) in [7, 11) is 0. The molecule has 0 amide bonds. The molecule has 0 saturated heterocycles. The van der Waals surface area contributed by atoms with Crippen LogP contribution in [0.3, 0.4) is 0 Å². The highest BCUT2D eigenvalue weighted by Gasteiger charge is 2.28. The number of aryl methyl sites for hydroxylation is 1. The number of hydrogen-bond acceptors (Lipinski definition) is 4. The normalized spacial score (nSPS) is 11.1. The highest BCUT2D eigenvalue weighted by molar-refractivity contribution is 5.91. The molecule has 8 heteroatoms. The topological polar surface area (TPSA) is 59.3 Å². The van der Waals surface area contributed by atoms with Crippen LogP contribution in [0.4, 0.5) is 17.6 Å². The van der Waals surface area contributed by atoms with Crippen LogP contribution in [0.2, 0.25) is 0 Å². The van der Waals surface area contributed by atoms with E-state index in [0.717, 1.165) is 11.6 Å². The van der Waals surface area contributed by atoms with E-state index in [9.17, 15) is 22.4 Å². The zero-order valence-electron chi connectivity index (χ0n) is 14.1. The molecule has 0 aliphatic heterocycles. The minimum absolute atomic E-state index is 0.0229. The predicted molar refractivity (Wildman–Crippen MR) is 87.5 cm³/mol. The molecule has 0 aliphatic rings. The third kappa shape index (κ3) is 6.72. The van der Waals surface area contributed by atoms with Crippen LogP contribution in [0.1, 0.15) is 34.3 Å². The number of esters is 1. The predicted octanol–water partition coefficient (Wildman–Crippen LogP) is 4.78. The van der Waals surface area contributed by atoms with E-state index in [-0.39, 0.29) is 23.3 Å². The van der Waals surface area contributed by atoms with Gasteiger partial charge in [-0.1, -0.05) is 12.1 Å². The van der Waals surface area contributed by atoms with Crippen LogP contribution in [0.5, 0.6) is 5.75 Å². The van der Waals surface area contributed by atoms with Crippen molar-refractivity contribution in [2.45, 2.75) is 25.6 Å². The minimum Gasteiger partial charge on any atom is -0.423 e. The number of ether oxygens (including phenoxy) is 2. The van der Waals surface area contributed by atoms with Gasteiger partial charge in [-0.25, -0.2) is 9.18 Å². The van der Waals surface area contributed by atoms with Gasteiger partial charge in [0.2, 0.25) is 0 Å². The highest BCUT2D eigenvalue weighted by Crippen LogP contribution is 2.19. The lowest BCUT2D eigenvalue weighted by molar-refractivity contribution is -0.324. The maximum atomic E-state index is 13.5. The van der Waals surface area contributed by atoms with Crippen molar-refractivity contribution in [2.75, 3.05) is 6.61 Å². The quantitative estimate of drug-likeness (QED) is 0.300. The smallest absolute Gasteiger partial charge is 0.423 e. The second kappa shape index (κ2) is 9.14. The van der Waals surface area contributed by atoms with Crippen LogP contribution in [0.15, 0.2) is 42.5 Å². The fourth-order valence-corrected chi connectivity index (χ4v) is 2.24. The van der Waals surface area contributed by atoms with Gasteiger partial charge in [-0.2, -0.15) is 5.26 Å². The third-order valence-electron chi connectivity index (χ3n) is 3.59. The van der Waals surface area contributed by atoms with Crippen LogP contribution >= 0.6 is 0 Å². The third-order valence-corrected chi connectivity index (χ3v) is 3.59. The van der Waals surface area contributed by atoms with E-state index in [4.69, 9.17) is 10.00 Å². The number of rotatable bonds is 7. The first-order chi connectivity index (χ1) is 12.8. The summed E-state index contributed by atoms with van der Waals surface area (Å²) in [6.45, 7) is -0.394. The molecule has 2 aromatic carbocycles. The summed E-state index contributed by atoms with van der Waals surface area (Å²) >= 11 is 0. The van der Waals surface area contributed by atoms with Crippen molar-refractivity contribution in [3.05, 3.63) is 65.0 Å². The van der Waals surface area contributed by atoms with Crippen LogP contribution in [-0.2, 0) is 11.2 Å². The average Bonchev–Trinajstić information content (AvgIpc) is 2.61. The van der Waals surface area contributed by atoms with Crippen molar-refractivity contribution in [1.29, 1.82) is 5.26 Å². The van der Waals surface area contributed by atoms with Crippen molar-refractivity contribution in [2.24, 2.45) is 0 Å². The van der Waals surface area contributed by atoms with Gasteiger partial charge in [0.1, 0.15) is 17.6 Å². The first-order valence-corrected chi connectivity index (χ1v) is 8.00. The Morgan fingerprint density at radius 1 is 1.07 bits per heavy atom. The van der Waals surface area contributed by atoms with E-state index in [1.807, 2.05) is 0 Å². The minimum atomic E-state index is -4.61. The second-order valence-corrected chi connectivity index (χ2v) is 5.59. The molecule has 0 spiro atoms. The first-order valence-electron chi connectivity index (χ1n) is 8.00. The van der Waals surface area contributed by atoms with Crippen LogP contribution < -0.4 is 4.74 Å². The Hall–Kier alpha value is -2.92. The Labute approximate surface area is 152 Å². The lowest BCUT2D eigenvalue weighted by atomic mass is 10.1. The van der Waals surface area contributed by atoms with Gasteiger partial charge in [-0.15, -0.1) is 13.2 Å². The molecule has 27 heavy (non-hydrogen) atoms. The number of hydrogen-bond donors (Lipinski definition) is 0. The molecule has 0 atom stereocenters. The molecular weight excluding hydrogens is 366 g/mol. The highest BCUT2D eigenvalue weighted by atomic mass is 19.4. The number of alkyl halides is 3. The number of halogens is 4. The fraction of sp³-hybridized carbons (Fsp3) is 0.263. The Bertz CT molecular complexity index is 826. The lowest BCUT2D eigenvalue weighted by Crippen LogP contribution is -2.14. The standard InChI is InChI=1S/C19H15F4NO3/c20-17-11-16(9-8-15(17)12-24)27-18(25)14-6-4-13(5-7-14)3-1-2-10-26-19(21,22)23/h4-9,11H,1-3,10H2. The molecule has 0 aliphatic carbocycles. The monoisotopic (exact) mass is 381 g/mol. The lowest BCUT2D eigenvalue weighted by Gasteiger charge is -2.08. The Balaban J connectivity index is 1.84. The number of nitriles is 1. The van der Waals surface area contributed by atoms with Gasteiger partial charge >= 0.3 is 12.3 Å². The van der Waals surface area contributed by atoms with Crippen molar-refractivity contribution >= 4 is 5.97 Å². The SMILES string of the molecule is N#Cc1ccc(OC(=O)c2ccc(CCCCOC(F)(F)F)cc2)cc1F. The molecule has 2 rings (SSSR count). The van der Waals surface area contributed by atoms with Crippen LogP contribution in [0, 0.1) is 17.1 Å². The van der Waals surface area contributed by atoms with E-state index < -0.39 is 24.8 Å². The van der Waals surface area contributed by atoms with Crippen molar-refractivity contribution < 1.29 is 31.8 Å². The number of nitrogens with zero attached hydrogens (tertiary/aromatic N) is 1. The van der Waals surface area contributed by atoms with E-state index in [0.29, 0.717) is 12.8 Å². The van der Waals surface area contributed by atoms with Crippen LogP contribution in [0.25, 0.3) is 0 Å². The fourth-order valence-electron chi connectivity index (χ4n) is 2.24. The Morgan fingerprint density at radius 2 is 1.78 bits per heavy atom. The maximum absolute atomic E-state index is 13.5. The van der Waals surface area contributed by atoms with E-state index >= 15 is 0 Å². The summed E-state index contributed by atoms with van der Waals surface area (Å²) in [6, 6.07) is 11.5. The zero-order chi connectivity index (χ0) is 19.9. The summed E-state index contributed by atoms with van der Waals surface area (Å²) in [5.74, 6) is -1.50. The molecule has 0 fully saturated rings. The molecule has 0 N–H and O–H groups in total. The Kier molecular flexibility index (Phi) is 6.91. The molecule has 142 valence electrons. The molecule has 2 aromatic rings. The van der Waals surface area contributed by atoms with Gasteiger partial charge in [0.05, 0.1) is 17.7 Å². The van der Waals surface area contributed by atoms with Crippen molar-refractivity contribution in [3.63, 3.8) is 0 Å². The molecule has 0 radical (unpaired) electrons. The van der Waals surface area contributed by atoms with Gasteiger partial charge in [-0.05, 0) is 49.1 Å². The van der Waals surface area contributed by atoms with Gasteiger partial charge in [0.15, 0.2) is 0 Å². The maximum Gasteiger partial charge on any atom is 0.522 e. The van der Waals surface area contributed by atoms with Crippen molar-refractivity contribution in [3.8, 4) is 11.8 Å².